The third-order valence-corrected chi connectivity index (χ3v) is 1.97. The molecule has 14 heavy (non-hydrogen) atoms. The maximum absolute atomic E-state index is 9.32. The van der Waals surface area contributed by atoms with Gasteiger partial charge in [0.05, 0.1) is 10.9 Å². The lowest BCUT2D eigenvalue weighted by molar-refractivity contribution is 0.350. The SMILES string of the molecule is Oc1cc2c(O)c(O)c(O)c(O)c2[nH]1. The predicted octanol–water partition coefficient (Wildman–Crippen LogP) is 0.696. The van der Waals surface area contributed by atoms with Gasteiger partial charge in [-0.3, -0.25) is 0 Å². The Kier molecular flexibility index (Phi) is 1.42. The molecule has 74 valence electrons. The molecule has 6 heteroatoms. The maximum atomic E-state index is 9.32. The van der Waals surface area contributed by atoms with E-state index in [4.69, 9.17) is 15.3 Å². The van der Waals surface area contributed by atoms with Gasteiger partial charge in [0, 0.05) is 6.07 Å². The summed E-state index contributed by atoms with van der Waals surface area (Å²) in [5.74, 6) is -3.19. The van der Waals surface area contributed by atoms with E-state index in [1.54, 1.807) is 0 Å². The van der Waals surface area contributed by atoms with Crippen LogP contribution in [0, 0.1) is 0 Å². The summed E-state index contributed by atoms with van der Waals surface area (Å²) < 4.78 is 0. The molecule has 0 saturated heterocycles. The molecule has 6 N–H and O–H groups in total. The van der Waals surface area contributed by atoms with Gasteiger partial charge in [0.2, 0.25) is 11.5 Å². The first kappa shape index (κ1) is 8.36. The van der Waals surface area contributed by atoms with Crippen LogP contribution in [0.5, 0.6) is 28.9 Å². The van der Waals surface area contributed by atoms with Crippen molar-refractivity contribution >= 4 is 10.9 Å². The Hall–Kier alpha value is -2.24. The van der Waals surface area contributed by atoms with Crippen LogP contribution in [0.3, 0.4) is 0 Å². The monoisotopic (exact) mass is 197 g/mol. The standard InChI is InChI=1S/C8H7NO5/c10-3-1-2-4(9-3)6(12)8(14)7(13)5(2)11/h1,9-14H. The topological polar surface area (TPSA) is 117 Å². The zero-order valence-corrected chi connectivity index (χ0v) is 6.81. The van der Waals surface area contributed by atoms with Gasteiger partial charge in [-0.25, -0.2) is 0 Å². The molecule has 0 fully saturated rings. The van der Waals surface area contributed by atoms with E-state index in [-0.39, 0.29) is 16.8 Å². The second-order valence-corrected chi connectivity index (χ2v) is 2.84. The third-order valence-electron chi connectivity index (χ3n) is 1.97. The number of nitrogens with one attached hydrogen (secondary N) is 1. The largest absolute Gasteiger partial charge is 0.504 e. The van der Waals surface area contributed by atoms with Crippen LogP contribution in [0.4, 0.5) is 0 Å². The molecule has 1 aromatic heterocycles. The molecule has 0 atom stereocenters. The van der Waals surface area contributed by atoms with Crippen molar-refractivity contribution in [2.24, 2.45) is 0 Å². The first-order valence-electron chi connectivity index (χ1n) is 3.70. The molecule has 0 aliphatic rings. The van der Waals surface area contributed by atoms with Gasteiger partial charge < -0.3 is 30.5 Å². The molecular formula is C8H7NO5. The minimum Gasteiger partial charge on any atom is -0.504 e. The number of rotatable bonds is 0. The van der Waals surface area contributed by atoms with Crippen LogP contribution in [-0.2, 0) is 0 Å². The number of H-pyrrole nitrogens is 1. The summed E-state index contributed by atoms with van der Waals surface area (Å²) in [6, 6.07) is 1.11. The van der Waals surface area contributed by atoms with Crippen LogP contribution in [-0.4, -0.2) is 30.5 Å². The first-order chi connectivity index (χ1) is 6.52. The highest BCUT2D eigenvalue weighted by molar-refractivity contribution is 5.96. The highest BCUT2D eigenvalue weighted by Crippen LogP contribution is 2.48. The van der Waals surface area contributed by atoms with Crippen molar-refractivity contribution in [1.29, 1.82) is 0 Å². The summed E-state index contributed by atoms with van der Waals surface area (Å²) >= 11 is 0. The second-order valence-electron chi connectivity index (χ2n) is 2.84. The molecule has 2 aromatic rings. The van der Waals surface area contributed by atoms with E-state index in [1.165, 1.54) is 0 Å². The average Bonchev–Trinajstić information content (AvgIpc) is 2.54. The Morgan fingerprint density at radius 3 is 2.00 bits per heavy atom. The molecule has 0 saturated carbocycles. The van der Waals surface area contributed by atoms with Crippen LogP contribution in [0.2, 0.25) is 0 Å². The Bertz CT molecular complexity index is 471. The molecule has 1 aromatic carbocycles. The van der Waals surface area contributed by atoms with Gasteiger partial charge in [0.25, 0.3) is 0 Å². The Morgan fingerprint density at radius 1 is 0.786 bits per heavy atom. The Balaban J connectivity index is 3.01. The molecule has 6 nitrogen and oxygen atoms in total. The molecule has 2 rings (SSSR count). The number of aromatic amines is 1. The zero-order valence-electron chi connectivity index (χ0n) is 6.81. The van der Waals surface area contributed by atoms with Gasteiger partial charge in [0.15, 0.2) is 17.4 Å². The smallest absolute Gasteiger partial charge is 0.206 e. The van der Waals surface area contributed by atoms with Gasteiger partial charge in [-0.2, -0.15) is 0 Å². The molecule has 1 heterocycles. The summed E-state index contributed by atoms with van der Waals surface area (Å²) in [5, 5.41) is 46.0. The number of aromatic hydroxyl groups is 5. The van der Waals surface area contributed by atoms with Crippen molar-refractivity contribution in [2.75, 3.05) is 0 Å². The number of phenols is 4. The summed E-state index contributed by atoms with van der Waals surface area (Å²) in [4.78, 5) is 2.31. The summed E-state index contributed by atoms with van der Waals surface area (Å²) in [6.45, 7) is 0. The van der Waals surface area contributed by atoms with Crippen molar-refractivity contribution in [3.8, 4) is 28.9 Å². The molecule has 0 spiro atoms. The van der Waals surface area contributed by atoms with E-state index < -0.39 is 23.0 Å². The van der Waals surface area contributed by atoms with E-state index in [0.29, 0.717) is 0 Å². The van der Waals surface area contributed by atoms with E-state index >= 15 is 0 Å². The minimum absolute atomic E-state index is 0.0234. The van der Waals surface area contributed by atoms with Crippen molar-refractivity contribution in [2.45, 2.75) is 0 Å². The summed E-state index contributed by atoms with van der Waals surface area (Å²) in [7, 11) is 0. The number of benzene rings is 1. The van der Waals surface area contributed by atoms with Crippen LogP contribution in [0.25, 0.3) is 10.9 Å². The Morgan fingerprint density at radius 2 is 1.36 bits per heavy atom. The molecule has 0 amide bonds. The fraction of sp³-hybridized carbons (Fsp3) is 0. The van der Waals surface area contributed by atoms with Gasteiger partial charge in [-0.15, -0.1) is 0 Å². The number of hydrogen-bond acceptors (Lipinski definition) is 5. The lowest BCUT2D eigenvalue weighted by atomic mass is 10.2. The van der Waals surface area contributed by atoms with E-state index in [2.05, 4.69) is 4.98 Å². The quantitative estimate of drug-likeness (QED) is 0.274. The minimum atomic E-state index is -0.836. The fourth-order valence-electron chi connectivity index (χ4n) is 1.28. The van der Waals surface area contributed by atoms with Crippen molar-refractivity contribution < 1.29 is 25.5 Å². The van der Waals surface area contributed by atoms with Gasteiger partial charge >= 0.3 is 0 Å². The van der Waals surface area contributed by atoms with E-state index in [0.717, 1.165) is 6.07 Å². The van der Waals surface area contributed by atoms with E-state index in [1.807, 2.05) is 0 Å². The third kappa shape index (κ3) is 0.846. The predicted molar refractivity (Wildman–Crippen MR) is 46.6 cm³/mol. The van der Waals surface area contributed by atoms with Crippen molar-refractivity contribution in [3.63, 3.8) is 0 Å². The highest BCUT2D eigenvalue weighted by Gasteiger charge is 2.19. The zero-order chi connectivity index (χ0) is 10.5. The van der Waals surface area contributed by atoms with Gasteiger partial charge in [-0.1, -0.05) is 0 Å². The number of aromatic nitrogens is 1. The highest BCUT2D eigenvalue weighted by atomic mass is 16.3. The maximum Gasteiger partial charge on any atom is 0.206 e. The van der Waals surface area contributed by atoms with Crippen LogP contribution < -0.4 is 0 Å². The van der Waals surface area contributed by atoms with Gasteiger partial charge in [-0.05, 0) is 0 Å². The molecule has 0 unspecified atom stereocenters. The molecular weight excluding hydrogens is 190 g/mol. The number of hydrogen-bond donors (Lipinski definition) is 6. The molecule has 0 bridgehead atoms. The van der Waals surface area contributed by atoms with Crippen molar-refractivity contribution in [1.82, 2.24) is 4.98 Å². The molecule has 0 radical (unpaired) electrons. The van der Waals surface area contributed by atoms with E-state index in [9.17, 15) is 10.2 Å². The first-order valence-corrected chi connectivity index (χ1v) is 3.70. The number of fused-ring (bicyclic) bond motifs is 1. The lowest BCUT2D eigenvalue weighted by Gasteiger charge is -2.04. The van der Waals surface area contributed by atoms with Gasteiger partial charge in [0.1, 0.15) is 0 Å². The average molecular weight is 197 g/mol. The van der Waals surface area contributed by atoms with Crippen molar-refractivity contribution in [3.05, 3.63) is 6.07 Å². The van der Waals surface area contributed by atoms with Crippen LogP contribution >= 0.6 is 0 Å². The molecule has 0 aliphatic heterocycles. The Labute approximate surface area is 77.3 Å². The van der Waals surface area contributed by atoms with Crippen LogP contribution in [0.1, 0.15) is 0 Å². The normalized spacial score (nSPS) is 10.9. The summed E-state index contributed by atoms with van der Waals surface area (Å²) in [6.07, 6.45) is 0. The van der Waals surface area contributed by atoms with Crippen LogP contribution in [0.15, 0.2) is 6.07 Å². The number of phenolic OH excluding ortho intramolecular Hbond substituents is 4. The lowest BCUT2D eigenvalue weighted by Crippen LogP contribution is -1.76. The summed E-state index contributed by atoms with van der Waals surface area (Å²) in [5.41, 5.74) is -0.0460. The second kappa shape index (κ2) is 2.38. The fourth-order valence-corrected chi connectivity index (χ4v) is 1.28. The molecule has 0 aliphatic carbocycles.